The Bertz CT molecular complexity index is 1470. The van der Waals surface area contributed by atoms with E-state index in [1.165, 1.54) is 6.07 Å². The first-order chi connectivity index (χ1) is 16.5. The molecule has 7 nitrogen and oxygen atoms in total. The van der Waals surface area contributed by atoms with E-state index < -0.39 is 23.6 Å². The minimum absolute atomic E-state index is 0.340. The van der Waals surface area contributed by atoms with Crippen LogP contribution in [0, 0.1) is 11.6 Å². The molecule has 0 aliphatic heterocycles. The van der Waals surface area contributed by atoms with Crippen molar-refractivity contribution in [2.75, 3.05) is 0 Å². The molecule has 1 atom stereocenters. The summed E-state index contributed by atoms with van der Waals surface area (Å²) < 4.78 is 34.1. The van der Waals surface area contributed by atoms with E-state index in [1.807, 2.05) is 12.1 Å². The fraction of sp³-hybridized carbons (Fsp3) is 0.120. The lowest BCUT2D eigenvalue weighted by atomic mass is 10.1. The molecule has 4 aromatic heterocycles. The third kappa shape index (κ3) is 4.15. The summed E-state index contributed by atoms with van der Waals surface area (Å²) in [6, 6.07) is 11.9. The smallest absolute Gasteiger partial charge is 0.252 e. The topological polar surface area (TPSA) is 85.8 Å². The molecule has 170 valence electrons. The SMILES string of the molecule is CC(NC(=O)c1cc(-c2cccnc2)nc2c1cnn2Cc1ccco1)c1ccc(F)c(F)c1. The number of benzene rings is 1. The van der Waals surface area contributed by atoms with Gasteiger partial charge in [0.1, 0.15) is 12.3 Å². The van der Waals surface area contributed by atoms with E-state index in [4.69, 9.17) is 9.40 Å². The Labute approximate surface area is 193 Å². The second-order valence-corrected chi connectivity index (χ2v) is 7.78. The molecule has 0 aliphatic carbocycles. The molecule has 0 spiro atoms. The Morgan fingerprint density at radius 3 is 2.74 bits per heavy atom. The van der Waals surface area contributed by atoms with E-state index in [1.54, 1.807) is 54.7 Å². The molecule has 9 heteroatoms. The molecule has 1 N–H and O–H groups in total. The number of carbonyl (C=O) groups excluding carboxylic acids is 1. The number of halogens is 2. The van der Waals surface area contributed by atoms with Gasteiger partial charge in [-0.05, 0) is 55.0 Å². The van der Waals surface area contributed by atoms with Crippen LogP contribution in [0.2, 0.25) is 0 Å². The zero-order chi connectivity index (χ0) is 23.7. The number of furan rings is 1. The van der Waals surface area contributed by atoms with Crippen LogP contribution in [-0.4, -0.2) is 25.7 Å². The minimum Gasteiger partial charge on any atom is -0.467 e. The van der Waals surface area contributed by atoms with Crippen molar-refractivity contribution in [2.24, 2.45) is 0 Å². The highest BCUT2D eigenvalue weighted by molar-refractivity contribution is 6.06. The number of nitrogens with zero attached hydrogens (tertiary/aromatic N) is 4. The molecule has 0 fully saturated rings. The van der Waals surface area contributed by atoms with E-state index in [9.17, 15) is 13.6 Å². The molecule has 0 aliphatic rings. The molecule has 1 unspecified atom stereocenters. The Kier molecular flexibility index (Phi) is 5.59. The predicted octanol–water partition coefficient (Wildman–Crippen LogP) is 4.90. The maximum Gasteiger partial charge on any atom is 0.252 e. The van der Waals surface area contributed by atoms with Gasteiger partial charge in [-0.25, -0.2) is 18.4 Å². The summed E-state index contributed by atoms with van der Waals surface area (Å²) in [4.78, 5) is 22.2. The molecule has 0 saturated heterocycles. The molecule has 5 rings (SSSR count). The third-order valence-corrected chi connectivity index (χ3v) is 5.49. The van der Waals surface area contributed by atoms with E-state index in [0.29, 0.717) is 40.2 Å². The lowest BCUT2D eigenvalue weighted by Gasteiger charge is -2.16. The predicted molar refractivity (Wildman–Crippen MR) is 121 cm³/mol. The molecule has 4 heterocycles. The van der Waals surface area contributed by atoms with Gasteiger partial charge in [0.25, 0.3) is 5.91 Å². The van der Waals surface area contributed by atoms with Crippen LogP contribution in [0.3, 0.4) is 0 Å². The number of nitrogens with one attached hydrogen (secondary N) is 1. The summed E-state index contributed by atoms with van der Waals surface area (Å²) in [5.74, 6) is -1.62. The maximum absolute atomic E-state index is 13.7. The van der Waals surface area contributed by atoms with Crippen LogP contribution in [0.1, 0.15) is 34.6 Å². The van der Waals surface area contributed by atoms with Gasteiger partial charge in [0.2, 0.25) is 0 Å². The van der Waals surface area contributed by atoms with Crippen LogP contribution in [0.5, 0.6) is 0 Å². The Morgan fingerprint density at radius 2 is 2.00 bits per heavy atom. The monoisotopic (exact) mass is 459 g/mol. The Morgan fingerprint density at radius 1 is 1.12 bits per heavy atom. The number of rotatable bonds is 6. The molecule has 1 aromatic carbocycles. The van der Waals surface area contributed by atoms with E-state index in [-0.39, 0.29) is 0 Å². The summed E-state index contributed by atoms with van der Waals surface area (Å²) in [7, 11) is 0. The van der Waals surface area contributed by atoms with Crippen LogP contribution in [0.4, 0.5) is 8.78 Å². The van der Waals surface area contributed by atoms with Gasteiger partial charge in [0.15, 0.2) is 17.3 Å². The third-order valence-electron chi connectivity index (χ3n) is 5.49. The van der Waals surface area contributed by atoms with Crippen LogP contribution in [0.15, 0.2) is 77.8 Å². The second-order valence-electron chi connectivity index (χ2n) is 7.78. The summed E-state index contributed by atoms with van der Waals surface area (Å²) in [6.45, 7) is 2.04. The van der Waals surface area contributed by atoms with Gasteiger partial charge in [-0.15, -0.1) is 0 Å². The molecular formula is C25H19F2N5O2. The second kappa shape index (κ2) is 8.86. The highest BCUT2D eigenvalue weighted by atomic mass is 19.2. The lowest BCUT2D eigenvalue weighted by Crippen LogP contribution is -2.27. The summed E-state index contributed by atoms with van der Waals surface area (Å²) in [6.07, 6.45) is 6.47. The first-order valence-corrected chi connectivity index (χ1v) is 10.5. The number of carbonyl (C=O) groups is 1. The number of hydrogen-bond acceptors (Lipinski definition) is 5. The fourth-order valence-electron chi connectivity index (χ4n) is 3.70. The van der Waals surface area contributed by atoms with Crippen molar-refractivity contribution in [3.8, 4) is 11.3 Å². The highest BCUT2D eigenvalue weighted by Crippen LogP contribution is 2.26. The van der Waals surface area contributed by atoms with Crippen LogP contribution in [-0.2, 0) is 6.54 Å². The van der Waals surface area contributed by atoms with Gasteiger partial charge in [-0.1, -0.05) is 6.07 Å². The first-order valence-electron chi connectivity index (χ1n) is 10.5. The Balaban J connectivity index is 1.55. The normalized spacial score (nSPS) is 12.1. The molecule has 0 bridgehead atoms. The number of hydrogen-bond donors (Lipinski definition) is 1. The fourth-order valence-corrected chi connectivity index (χ4v) is 3.70. The quantitative estimate of drug-likeness (QED) is 0.390. The zero-order valence-corrected chi connectivity index (χ0v) is 18.1. The van der Waals surface area contributed by atoms with E-state index in [2.05, 4.69) is 15.4 Å². The number of fused-ring (bicyclic) bond motifs is 1. The number of aromatic nitrogens is 4. The van der Waals surface area contributed by atoms with Gasteiger partial charge in [-0.3, -0.25) is 9.78 Å². The van der Waals surface area contributed by atoms with E-state index in [0.717, 1.165) is 17.7 Å². The average molecular weight is 459 g/mol. The van der Waals surface area contributed by atoms with E-state index >= 15 is 0 Å². The van der Waals surface area contributed by atoms with Gasteiger partial charge in [0.05, 0.1) is 35.1 Å². The van der Waals surface area contributed by atoms with Crippen molar-refractivity contribution in [3.05, 3.63) is 102 Å². The van der Waals surface area contributed by atoms with Gasteiger partial charge in [0, 0.05) is 18.0 Å². The first kappa shape index (κ1) is 21.4. The number of pyridine rings is 2. The van der Waals surface area contributed by atoms with Crippen molar-refractivity contribution in [2.45, 2.75) is 19.5 Å². The van der Waals surface area contributed by atoms with Crippen molar-refractivity contribution in [3.63, 3.8) is 0 Å². The minimum atomic E-state index is -0.969. The summed E-state index contributed by atoms with van der Waals surface area (Å²) in [5.41, 5.74) is 2.58. The summed E-state index contributed by atoms with van der Waals surface area (Å²) in [5, 5.41) is 7.82. The van der Waals surface area contributed by atoms with Crippen molar-refractivity contribution in [1.82, 2.24) is 25.1 Å². The lowest BCUT2D eigenvalue weighted by molar-refractivity contribution is 0.0941. The molecule has 5 aromatic rings. The van der Waals surface area contributed by atoms with Gasteiger partial charge in [-0.2, -0.15) is 5.10 Å². The molecule has 34 heavy (non-hydrogen) atoms. The summed E-state index contributed by atoms with van der Waals surface area (Å²) >= 11 is 0. The van der Waals surface area contributed by atoms with Crippen LogP contribution < -0.4 is 5.32 Å². The van der Waals surface area contributed by atoms with Crippen LogP contribution >= 0.6 is 0 Å². The number of amides is 1. The largest absolute Gasteiger partial charge is 0.467 e. The standard InChI is InChI=1S/C25H19F2N5O2/c1-15(16-6-7-21(26)22(27)10-16)30-25(33)19-11-23(17-4-2-8-28-12-17)31-24-20(19)13-29-32(24)14-18-5-3-9-34-18/h2-13,15H,14H2,1H3,(H,30,33). The van der Waals surface area contributed by atoms with Crippen molar-refractivity contribution >= 4 is 16.9 Å². The highest BCUT2D eigenvalue weighted by Gasteiger charge is 2.20. The molecule has 1 amide bonds. The van der Waals surface area contributed by atoms with Gasteiger partial charge < -0.3 is 9.73 Å². The van der Waals surface area contributed by atoms with Crippen LogP contribution in [0.25, 0.3) is 22.3 Å². The van der Waals surface area contributed by atoms with Crippen molar-refractivity contribution < 1.29 is 18.0 Å². The Hall–Kier alpha value is -4.40. The van der Waals surface area contributed by atoms with Gasteiger partial charge >= 0.3 is 0 Å². The maximum atomic E-state index is 13.7. The van der Waals surface area contributed by atoms with Crippen molar-refractivity contribution in [1.29, 1.82) is 0 Å². The molecule has 0 saturated carbocycles. The average Bonchev–Trinajstić information content (AvgIpc) is 3.51. The molecular weight excluding hydrogens is 440 g/mol. The molecule has 0 radical (unpaired) electrons. The zero-order valence-electron chi connectivity index (χ0n) is 18.1.